The lowest BCUT2D eigenvalue weighted by atomic mass is 9.31. The van der Waals surface area contributed by atoms with E-state index in [0.717, 1.165) is 44.9 Å². The number of allylic oxidation sites excluding steroid dienone is 2. The van der Waals surface area contributed by atoms with Crippen molar-refractivity contribution in [3.05, 3.63) is 47.5 Å². The van der Waals surface area contributed by atoms with Crippen LogP contribution in [0.4, 0.5) is 0 Å². The number of rotatable bonds is 3. The molecule has 6 rings (SSSR count). The highest BCUT2D eigenvalue weighted by atomic mass is 16.5. The average Bonchev–Trinajstić information content (AvgIpc) is 2.95. The Kier molecular flexibility index (Phi) is 6.78. The minimum absolute atomic E-state index is 0.0516. The number of carbonyl (C=O) groups is 3. The molecule has 0 unspecified atom stereocenters. The van der Waals surface area contributed by atoms with Gasteiger partial charge in [-0.15, -0.1) is 0 Å². The van der Waals surface area contributed by atoms with Crippen LogP contribution in [0.3, 0.4) is 0 Å². The SMILES string of the molecule is CC1(C)CC[C@]2(COC(=O)c3ccccc3)CC[C@]3(C)[C@H](C(=O)C[C@@H]4[C@@]5(C)C=C(C#N)C(=O)C(C)(C)[C@@H]5CC[C@]43C)[C@@H]2C1. The van der Waals surface area contributed by atoms with Gasteiger partial charge in [0.1, 0.15) is 11.9 Å². The molecule has 5 aliphatic carbocycles. The minimum atomic E-state index is -0.631. The van der Waals surface area contributed by atoms with Gasteiger partial charge in [-0.25, -0.2) is 4.79 Å². The van der Waals surface area contributed by atoms with Crippen molar-refractivity contribution in [2.45, 2.75) is 99.8 Å². The Hall–Kier alpha value is -2.74. The Bertz CT molecular complexity index is 1430. The third kappa shape index (κ3) is 4.17. The molecule has 4 fully saturated rings. The van der Waals surface area contributed by atoms with Gasteiger partial charge in [0.15, 0.2) is 5.78 Å². The third-order valence-corrected chi connectivity index (χ3v) is 14.1. The van der Waals surface area contributed by atoms with Gasteiger partial charge in [-0.3, -0.25) is 9.59 Å². The van der Waals surface area contributed by atoms with Crippen LogP contribution in [0.5, 0.6) is 0 Å². The van der Waals surface area contributed by atoms with Crippen LogP contribution in [0.15, 0.2) is 42.0 Å². The summed E-state index contributed by atoms with van der Waals surface area (Å²) in [5, 5.41) is 9.98. The number of hydrogen-bond donors (Lipinski definition) is 0. The van der Waals surface area contributed by atoms with Gasteiger partial charge in [-0.2, -0.15) is 5.26 Å². The lowest BCUT2D eigenvalue weighted by molar-refractivity contribution is -0.226. The molecular formula is C38H49NO4. The van der Waals surface area contributed by atoms with E-state index in [1.54, 1.807) is 12.1 Å². The van der Waals surface area contributed by atoms with E-state index in [4.69, 9.17) is 4.74 Å². The number of carbonyl (C=O) groups excluding carboxylic acids is 3. The molecule has 5 aliphatic rings. The fourth-order valence-electron chi connectivity index (χ4n) is 11.5. The molecule has 0 amide bonds. The van der Waals surface area contributed by atoms with Crippen LogP contribution in [0.1, 0.15) is 110 Å². The van der Waals surface area contributed by atoms with Crippen molar-refractivity contribution in [3.8, 4) is 6.07 Å². The maximum Gasteiger partial charge on any atom is 0.338 e. The standard InChI is InChI=1S/C38H49NO4/c1-33(2)15-17-38(23-43-32(42)24-11-9-8-10-12-24)18-16-37(7)30(26(38)21-33)27(40)19-29-35(5)20-25(22-39)31(41)34(3,4)28(35)13-14-36(29,37)6/h8-12,20,26,28-30H,13-19,21,23H2,1-7H3/t26-,28-,29+,30-,35-,36+,37+,38+/m0/s1. The second-order valence-corrected chi connectivity index (χ2v) is 17.0. The highest BCUT2D eigenvalue weighted by Crippen LogP contribution is 2.75. The highest BCUT2D eigenvalue weighted by molar-refractivity contribution is 6.04. The molecule has 1 aromatic rings. The summed E-state index contributed by atoms with van der Waals surface area (Å²) in [6.07, 6.45) is 9.23. The van der Waals surface area contributed by atoms with E-state index >= 15 is 0 Å². The monoisotopic (exact) mass is 583 g/mol. The molecule has 230 valence electrons. The molecule has 0 saturated heterocycles. The van der Waals surface area contributed by atoms with Crippen LogP contribution in [0.25, 0.3) is 0 Å². The molecule has 5 nitrogen and oxygen atoms in total. The number of benzene rings is 1. The smallest absolute Gasteiger partial charge is 0.338 e. The summed E-state index contributed by atoms with van der Waals surface area (Å²) in [5.41, 5.74) is -0.590. The zero-order valence-electron chi connectivity index (χ0n) is 27.2. The number of Topliss-reactive ketones (excluding diaryl/α,β-unsaturated/α-hetero) is 2. The molecule has 0 spiro atoms. The van der Waals surface area contributed by atoms with E-state index in [1.807, 2.05) is 38.1 Å². The summed E-state index contributed by atoms with van der Waals surface area (Å²) in [7, 11) is 0. The first-order valence-corrected chi connectivity index (χ1v) is 16.5. The molecule has 43 heavy (non-hydrogen) atoms. The van der Waals surface area contributed by atoms with Crippen LogP contribution in [0.2, 0.25) is 0 Å². The van der Waals surface area contributed by atoms with Crippen LogP contribution >= 0.6 is 0 Å². The number of nitrogens with zero attached hydrogens (tertiary/aromatic N) is 1. The second-order valence-electron chi connectivity index (χ2n) is 17.0. The molecule has 4 saturated carbocycles. The van der Waals surface area contributed by atoms with Crippen molar-refractivity contribution >= 4 is 17.5 Å². The fraction of sp³-hybridized carbons (Fsp3) is 0.684. The summed E-state index contributed by atoms with van der Waals surface area (Å²) < 4.78 is 6.10. The number of hydrogen-bond acceptors (Lipinski definition) is 5. The number of nitriles is 1. The minimum Gasteiger partial charge on any atom is -0.461 e. The average molecular weight is 584 g/mol. The maximum absolute atomic E-state index is 14.7. The fourth-order valence-corrected chi connectivity index (χ4v) is 11.5. The van der Waals surface area contributed by atoms with Crippen molar-refractivity contribution in [3.63, 3.8) is 0 Å². The van der Waals surface area contributed by atoms with E-state index in [9.17, 15) is 19.6 Å². The topological polar surface area (TPSA) is 84.2 Å². The molecule has 0 heterocycles. The van der Waals surface area contributed by atoms with Gasteiger partial charge in [-0.05, 0) is 96.5 Å². The van der Waals surface area contributed by atoms with E-state index in [2.05, 4.69) is 40.7 Å². The highest BCUT2D eigenvalue weighted by Gasteiger charge is 2.72. The van der Waals surface area contributed by atoms with Crippen molar-refractivity contribution < 1.29 is 19.1 Å². The lowest BCUT2D eigenvalue weighted by Crippen LogP contribution is -2.69. The molecule has 0 aromatic heterocycles. The Balaban J connectivity index is 1.38. The second kappa shape index (κ2) is 9.63. The van der Waals surface area contributed by atoms with Gasteiger partial charge < -0.3 is 4.74 Å². The molecule has 0 bridgehead atoms. The number of fused-ring (bicyclic) bond motifs is 7. The lowest BCUT2D eigenvalue weighted by Gasteiger charge is -2.72. The van der Waals surface area contributed by atoms with E-state index in [0.29, 0.717) is 24.4 Å². The van der Waals surface area contributed by atoms with E-state index in [-0.39, 0.29) is 62.7 Å². The largest absolute Gasteiger partial charge is 0.461 e. The summed E-state index contributed by atoms with van der Waals surface area (Å²) in [5.74, 6) is 0.250. The first-order chi connectivity index (χ1) is 20.0. The van der Waals surface area contributed by atoms with Crippen molar-refractivity contribution in [1.82, 2.24) is 0 Å². The summed E-state index contributed by atoms with van der Waals surface area (Å²) in [6.45, 7) is 16.1. The summed E-state index contributed by atoms with van der Waals surface area (Å²) in [6, 6.07) is 11.4. The molecule has 0 aliphatic heterocycles. The maximum atomic E-state index is 14.7. The first kappa shape index (κ1) is 30.3. The van der Waals surface area contributed by atoms with Gasteiger partial charge in [0.2, 0.25) is 0 Å². The van der Waals surface area contributed by atoms with Gasteiger partial charge in [0.05, 0.1) is 17.7 Å². The van der Waals surface area contributed by atoms with E-state index in [1.165, 1.54) is 0 Å². The van der Waals surface area contributed by atoms with Gasteiger partial charge in [-0.1, -0.05) is 72.7 Å². The molecular weight excluding hydrogens is 534 g/mol. The zero-order chi connectivity index (χ0) is 31.2. The summed E-state index contributed by atoms with van der Waals surface area (Å²) in [4.78, 5) is 41.2. The van der Waals surface area contributed by atoms with Crippen LogP contribution < -0.4 is 0 Å². The zero-order valence-corrected chi connectivity index (χ0v) is 27.2. The van der Waals surface area contributed by atoms with Crippen LogP contribution in [0, 0.1) is 67.5 Å². The van der Waals surface area contributed by atoms with Crippen molar-refractivity contribution in [2.75, 3.05) is 6.61 Å². The van der Waals surface area contributed by atoms with Crippen LogP contribution in [-0.2, 0) is 14.3 Å². The Morgan fingerprint density at radius 2 is 1.58 bits per heavy atom. The Labute approximate surface area is 257 Å². The van der Waals surface area contributed by atoms with Gasteiger partial charge >= 0.3 is 5.97 Å². The number of esters is 1. The molecule has 1 aromatic carbocycles. The molecule has 8 atom stereocenters. The first-order valence-electron chi connectivity index (χ1n) is 16.5. The predicted molar refractivity (Wildman–Crippen MR) is 166 cm³/mol. The van der Waals surface area contributed by atoms with Crippen molar-refractivity contribution in [2.24, 2.45) is 56.2 Å². The number of ether oxygens (including phenoxy) is 1. The van der Waals surface area contributed by atoms with Gasteiger partial charge in [0, 0.05) is 23.2 Å². The quantitative estimate of drug-likeness (QED) is 0.335. The van der Waals surface area contributed by atoms with Crippen molar-refractivity contribution in [1.29, 1.82) is 5.26 Å². The normalized spacial score (nSPS) is 42.7. The third-order valence-electron chi connectivity index (χ3n) is 14.1. The molecule has 5 heteroatoms. The Morgan fingerprint density at radius 1 is 0.907 bits per heavy atom. The van der Waals surface area contributed by atoms with Gasteiger partial charge in [0.25, 0.3) is 0 Å². The summed E-state index contributed by atoms with van der Waals surface area (Å²) >= 11 is 0. The number of ketones is 2. The predicted octanol–water partition coefficient (Wildman–Crippen LogP) is 8.14. The van der Waals surface area contributed by atoms with Crippen LogP contribution in [-0.4, -0.2) is 24.1 Å². The van der Waals surface area contributed by atoms with E-state index < -0.39 is 10.8 Å². The Morgan fingerprint density at radius 3 is 2.26 bits per heavy atom. The molecule has 0 N–H and O–H groups in total. The molecule has 0 radical (unpaired) electrons.